The summed E-state index contributed by atoms with van der Waals surface area (Å²) >= 11 is 6.91. The Balaban J connectivity index is 0.000000474. The molecule has 1 aliphatic heterocycles. The highest BCUT2D eigenvalue weighted by Crippen LogP contribution is 2.33. The van der Waals surface area contributed by atoms with Crippen LogP contribution in [0.2, 0.25) is 0 Å². The molecule has 3 aromatic rings. The molecule has 0 saturated carbocycles. The number of hydrogen-bond donors (Lipinski definition) is 0. The molecule has 4 rings (SSSR count). The lowest BCUT2D eigenvalue weighted by Crippen LogP contribution is -3.00. The molecule has 0 saturated heterocycles. The highest BCUT2D eigenvalue weighted by molar-refractivity contribution is 6.99. The number of nitrogens with zero attached hydrogens (tertiary/aromatic N) is 3. The van der Waals surface area contributed by atoms with E-state index in [9.17, 15) is 19.2 Å². The van der Waals surface area contributed by atoms with Crippen molar-refractivity contribution in [3.05, 3.63) is 71.4 Å². The topological polar surface area (TPSA) is 140 Å². The Bertz CT molecular complexity index is 1760. The molecular formula is C42H57ClIN3O9S. The van der Waals surface area contributed by atoms with Crippen molar-refractivity contribution in [2.45, 2.75) is 117 Å². The average molecular weight is 942 g/mol. The van der Waals surface area contributed by atoms with Gasteiger partial charge in [0.25, 0.3) is 5.88 Å². The van der Waals surface area contributed by atoms with Crippen LogP contribution in [-0.4, -0.2) is 75.6 Å². The summed E-state index contributed by atoms with van der Waals surface area (Å²) in [5, 5.41) is 0. The van der Waals surface area contributed by atoms with Gasteiger partial charge in [-0.05, 0) is 25.0 Å². The van der Waals surface area contributed by atoms with Gasteiger partial charge in [0, 0.05) is 42.4 Å². The van der Waals surface area contributed by atoms with Crippen LogP contribution in [-0.2, 0) is 41.5 Å². The molecule has 3 unspecified atom stereocenters. The minimum Gasteiger partial charge on any atom is -1.00 e. The number of carbonyl (C=O) groups excluding carboxylic acids is 4. The summed E-state index contributed by atoms with van der Waals surface area (Å²) in [6, 6.07) is 14.0. The van der Waals surface area contributed by atoms with Gasteiger partial charge in [-0.25, -0.2) is 0 Å². The number of hydrogen-bond acceptors (Lipinski definition) is 12. The molecule has 1 aliphatic rings. The van der Waals surface area contributed by atoms with Crippen molar-refractivity contribution in [1.29, 1.82) is 0 Å². The quantitative estimate of drug-likeness (QED) is 0.0348. The molecule has 0 radical (unpaired) electrons. The fraction of sp³-hybridized carbons (Fsp3) is 0.524. The number of halogens is 2. The molecule has 57 heavy (non-hydrogen) atoms. The van der Waals surface area contributed by atoms with E-state index in [-0.39, 0.29) is 73.8 Å². The molecule has 0 aliphatic carbocycles. The number of alkyl halides is 1. The van der Waals surface area contributed by atoms with Gasteiger partial charge < -0.3 is 47.7 Å². The zero-order valence-electron chi connectivity index (χ0n) is 33.9. The highest BCUT2D eigenvalue weighted by atomic mass is 127. The van der Waals surface area contributed by atoms with Crippen LogP contribution in [0.25, 0.3) is 5.57 Å². The summed E-state index contributed by atoms with van der Waals surface area (Å²) in [5.41, 5.74) is 2.50. The third kappa shape index (κ3) is 16.7. The normalized spacial score (nSPS) is 15.7. The molecule has 3 atom stereocenters. The van der Waals surface area contributed by atoms with Gasteiger partial charge in [0.1, 0.15) is 23.7 Å². The molecule has 0 bridgehead atoms. The number of carbonyl (C=O) groups is 4. The summed E-state index contributed by atoms with van der Waals surface area (Å²) in [6.45, 7) is 11.7. The number of benzene rings is 2. The number of quaternary nitrogens is 1. The second-order valence-corrected chi connectivity index (χ2v) is 14.6. The number of aromatic nitrogens is 2. The predicted molar refractivity (Wildman–Crippen MR) is 216 cm³/mol. The Morgan fingerprint density at radius 1 is 0.772 bits per heavy atom. The van der Waals surface area contributed by atoms with Crippen molar-refractivity contribution in [1.82, 2.24) is 8.75 Å². The van der Waals surface area contributed by atoms with E-state index in [1.807, 2.05) is 19.9 Å². The van der Waals surface area contributed by atoms with Crippen molar-refractivity contribution in [2.24, 2.45) is 0 Å². The SMILES string of the molecule is CCC(=O)Oc1ccccc1CC(=O)OC(Cl)CC.CCCCCCOc1nsnc1C1=CCC[N+](C)(C(CC)OC(=O)Cc2ccccc2OC(=O)CC)C1.[I-]. The summed E-state index contributed by atoms with van der Waals surface area (Å²) in [7, 11) is 2.12. The molecule has 0 fully saturated rings. The van der Waals surface area contributed by atoms with Crippen LogP contribution in [0.15, 0.2) is 54.6 Å². The number of unbranched alkanes of at least 4 members (excludes halogenated alkanes) is 3. The lowest BCUT2D eigenvalue weighted by atomic mass is 10.0. The Hall–Kier alpha value is -3.60. The monoisotopic (exact) mass is 941 g/mol. The van der Waals surface area contributed by atoms with Gasteiger partial charge in [0.05, 0.1) is 44.8 Å². The fourth-order valence-corrected chi connectivity index (χ4v) is 6.60. The number of rotatable bonds is 20. The molecule has 2 aromatic carbocycles. The van der Waals surface area contributed by atoms with Crippen LogP contribution in [0.4, 0.5) is 0 Å². The van der Waals surface area contributed by atoms with Crippen molar-refractivity contribution < 1.29 is 71.3 Å². The maximum atomic E-state index is 13.0. The van der Waals surface area contributed by atoms with Crippen molar-refractivity contribution in [3.63, 3.8) is 0 Å². The fourth-order valence-electron chi connectivity index (χ4n) is 5.96. The van der Waals surface area contributed by atoms with Crippen LogP contribution >= 0.6 is 23.3 Å². The molecular weight excluding hydrogens is 885 g/mol. The summed E-state index contributed by atoms with van der Waals surface area (Å²) in [5.74, 6) is -0.0708. The smallest absolute Gasteiger partial charge is 0.314 e. The zero-order chi connectivity index (χ0) is 40.9. The van der Waals surface area contributed by atoms with E-state index in [0.717, 1.165) is 37.1 Å². The van der Waals surface area contributed by atoms with E-state index >= 15 is 0 Å². The van der Waals surface area contributed by atoms with Crippen LogP contribution in [0.3, 0.4) is 0 Å². The summed E-state index contributed by atoms with van der Waals surface area (Å²) in [6.07, 6.45) is 9.12. The van der Waals surface area contributed by atoms with Crippen molar-refractivity contribution in [2.75, 3.05) is 26.7 Å². The van der Waals surface area contributed by atoms with Gasteiger partial charge in [-0.3, -0.25) is 23.7 Å². The number of likely N-dealkylation sites (N-methyl/N-ethyl adjacent to an activating group) is 1. The van der Waals surface area contributed by atoms with Crippen molar-refractivity contribution >= 4 is 52.8 Å². The minimum absolute atomic E-state index is 0. The van der Waals surface area contributed by atoms with Crippen LogP contribution < -0.4 is 38.2 Å². The largest absolute Gasteiger partial charge is 1.00 e. The second-order valence-electron chi connectivity index (χ2n) is 13.6. The van der Waals surface area contributed by atoms with Gasteiger partial charge in [0.2, 0.25) is 6.23 Å². The molecule has 314 valence electrons. The first-order valence-electron chi connectivity index (χ1n) is 19.6. The average Bonchev–Trinajstić information content (AvgIpc) is 3.67. The van der Waals surface area contributed by atoms with E-state index in [1.165, 1.54) is 24.6 Å². The Kier molecular flexibility index (Phi) is 23.0. The third-order valence-electron chi connectivity index (χ3n) is 9.09. The Labute approximate surface area is 363 Å². The Morgan fingerprint density at radius 3 is 1.89 bits per heavy atom. The summed E-state index contributed by atoms with van der Waals surface area (Å²) < 4.78 is 37.0. The molecule has 15 heteroatoms. The standard InChI is InChI=1S/C28H40N3O5S.C14H17ClO4.HI/c1-5-8-9-12-18-34-28-27(29-37-30-28)22-15-13-17-31(4,20-22)24(6-2)36-26(33)19-21-14-10-11-16-23(21)35-25(32)7-3;1-3-12(15)19-14(17)9-10-7-5-6-8-11(10)18-13(16)4-2;/h10-11,14-16,24H,5-9,12-13,17-20H2,1-4H3;5-8,12H,3-4,9H2,1-2H3;1H/q+1;;/p-1. The number of esters is 4. The van der Waals surface area contributed by atoms with Crippen LogP contribution in [0.5, 0.6) is 17.4 Å². The van der Waals surface area contributed by atoms with E-state index in [2.05, 4.69) is 28.8 Å². The van der Waals surface area contributed by atoms with Gasteiger partial charge >= 0.3 is 23.9 Å². The highest BCUT2D eigenvalue weighted by Gasteiger charge is 2.38. The first kappa shape index (κ1) is 49.5. The first-order chi connectivity index (χ1) is 27.0. The Morgan fingerprint density at radius 2 is 1.35 bits per heavy atom. The van der Waals surface area contributed by atoms with E-state index in [0.29, 0.717) is 59.0 Å². The zero-order valence-corrected chi connectivity index (χ0v) is 37.7. The van der Waals surface area contributed by atoms with Gasteiger partial charge in [0.15, 0.2) is 5.56 Å². The van der Waals surface area contributed by atoms with Gasteiger partial charge in [-0.1, -0.05) is 108 Å². The molecule has 12 nitrogen and oxygen atoms in total. The molecule has 2 heterocycles. The molecule has 0 N–H and O–H groups in total. The maximum Gasteiger partial charge on any atom is 0.314 e. The van der Waals surface area contributed by atoms with Crippen LogP contribution in [0, 0.1) is 0 Å². The molecule has 1 aromatic heterocycles. The number of para-hydroxylation sites is 2. The number of ether oxygens (including phenoxy) is 5. The van der Waals surface area contributed by atoms with Crippen molar-refractivity contribution in [3.8, 4) is 17.4 Å². The lowest BCUT2D eigenvalue weighted by molar-refractivity contribution is -0.947. The molecule has 0 spiro atoms. The predicted octanol–water partition coefficient (Wildman–Crippen LogP) is 5.63. The summed E-state index contributed by atoms with van der Waals surface area (Å²) in [4.78, 5) is 47.7. The first-order valence-corrected chi connectivity index (χ1v) is 20.7. The van der Waals surface area contributed by atoms with E-state index < -0.39 is 11.5 Å². The van der Waals surface area contributed by atoms with E-state index in [4.69, 9.17) is 35.3 Å². The van der Waals surface area contributed by atoms with Crippen LogP contribution in [0.1, 0.15) is 109 Å². The lowest BCUT2D eigenvalue weighted by Gasteiger charge is -2.42. The minimum atomic E-state index is -0.627. The van der Waals surface area contributed by atoms with E-state index in [1.54, 1.807) is 56.3 Å². The van der Waals surface area contributed by atoms with Gasteiger partial charge in [-0.2, -0.15) is 4.37 Å². The van der Waals surface area contributed by atoms with Gasteiger partial charge in [-0.15, -0.1) is 4.37 Å². The maximum absolute atomic E-state index is 13.0. The second kappa shape index (κ2) is 26.4. The third-order valence-corrected chi connectivity index (χ3v) is 10.0. The molecule has 0 amide bonds.